The summed E-state index contributed by atoms with van der Waals surface area (Å²) in [4.78, 5) is 46.4. The van der Waals surface area contributed by atoms with E-state index in [9.17, 15) is 14.4 Å². The molecule has 2 amide bonds. The largest absolute Gasteiger partial charge is 0.336 e. The highest BCUT2D eigenvalue weighted by atomic mass is 16.2. The summed E-state index contributed by atoms with van der Waals surface area (Å²) in [5, 5.41) is 3.22. The van der Waals surface area contributed by atoms with Crippen molar-refractivity contribution in [2.24, 2.45) is 5.92 Å². The van der Waals surface area contributed by atoms with E-state index >= 15 is 0 Å². The van der Waals surface area contributed by atoms with Crippen LogP contribution in [0.2, 0.25) is 0 Å². The molecule has 2 aromatic heterocycles. The summed E-state index contributed by atoms with van der Waals surface area (Å²) in [7, 11) is 0. The highest BCUT2D eigenvalue weighted by molar-refractivity contribution is 5.81. The monoisotopic (exact) mass is 397 g/mol. The minimum Gasteiger partial charge on any atom is -0.336 e. The number of H-pyrrole nitrogens is 1. The van der Waals surface area contributed by atoms with Crippen molar-refractivity contribution in [2.45, 2.75) is 64.5 Å². The molecule has 1 saturated heterocycles. The van der Waals surface area contributed by atoms with Gasteiger partial charge in [-0.05, 0) is 38.5 Å². The second kappa shape index (κ2) is 7.00. The van der Waals surface area contributed by atoms with E-state index < -0.39 is 0 Å². The molecular formula is C21H27N5O3. The van der Waals surface area contributed by atoms with Gasteiger partial charge in [0.15, 0.2) is 5.65 Å². The van der Waals surface area contributed by atoms with Gasteiger partial charge >= 0.3 is 0 Å². The lowest BCUT2D eigenvalue weighted by Gasteiger charge is -2.27. The van der Waals surface area contributed by atoms with E-state index in [1.165, 1.54) is 4.52 Å². The van der Waals surface area contributed by atoms with E-state index in [1.54, 1.807) is 4.90 Å². The Morgan fingerprint density at radius 3 is 2.83 bits per heavy atom. The minimum atomic E-state index is -0.0862. The first-order valence-corrected chi connectivity index (χ1v) is 10.8. The van der Waals surface area contributed by atoms with Crippen molar-refractivity contribution in [1.82, 2.24) is 24.4 Å². The number of amides is 2. The number of hydrogen-bond donors (Lipinski definition) is 1. The van der Waals surface area contributed by atoms with Crippen molar-refractivity contribution in [2.75, 3.05) is 13.1 Å². The number of aromatic amines is 1. The average molecular weight is 397 g/mol. The molecule has 3 aliphatic rings. The van der Waals surface area contributed by atoms with Crippen molar-refractivity contribution >= 4 is 17.5 Å². The smallest absolute Gasteiger partial charge is 0.276 e. The molecule has 4 heterocycles. The number of nitrogens with one attached hydrogen (secondary N) is 1. The number of nitrogens with zero attached hydrogens (tertiary/aromatic N) is 4. The van der Waals surface area contributed by atoms with Crippen LogP contribution in [0.1, 0.15) is 68.4 Å². The summed E-state index contributed by atoms with van der Waals surface area (Å²) in [6.07, 6.45) is 5.74. The summed E-state index contributed by atoms with van der Waals surface area (Å²) in [6.45, 7) is 3.74. The van der Waals surface area contributed by atoms with Crippen LogP contribution in [0, 0.1) is 5.92 Å². The molecule has 2 fully saturated rings. The first kappa shape index (κ1) is 18.4. The highest BCUT2D eigenvalue weighted by Crippen LogP contribution is 2.38. The lowest BCUT2D eigenvalue weighted by molar-refractivity contribution is -0.133. The average Bonchev–Trinajstić information content (AvgIpc) is 3.29. The fraction of sp³-hybridized carbons (Fsp3) is 0.619. The second-order valence-corrected chi connectivity index (χ2v) is 8.53. The molecule has 5 rings (SSSR count). The molecule has 2 aliphatic heterocycles. The Hall–Kier alpha value is -2.64. The van der Waals surface area contributed by atoms with Crippen LogP contribution in [-0.2, 0) is 22.6 Å². The quantitative estimate of drug-likeness (QED) is 0.851. The maximum Gasteiger partial charge on any atom is 0.276 e. The molecule has 2 aromatic rings. The Morgan fingerprint density at radius 1 is 1.24 bits per heavy atom. The summed E-state index contributed by atoms with van der Waals surface area (Å²) in [6, 6.07) is 1.89. The lowest BCUT2D eigenvalue weighted by atomic mass is 10.1. The van der Waals surface area contributed by atoms with Crippen LogP contribution in [0.5, 0.6) is 0 Å². The van der Waals surface area contributed by atoms with Crippen molar-refractivity contribution in [3.05, 3.63) is 33.4 Å². The van der Waals surface area contributed by atoms with Crippen LogP contribution in [0.3, 0.4) is 0 Å². The van der Waals surface area contributed by atoms with Gasteiger partial charge in [-0.3, -0.25) is 19.5 Å². The fourth-order valence-electron chi connectivity index (χ4n) is 4.69. The summed E-state index contributed by atoms with van der Waals surface area (Å²) < 4.78 is 1.51. The molecule has 0 radical (unpaired) electrons. The number of fused-ring (bicyclic) bond motifs is 2. The third-order valence-corrected chi connectivity index (χ3v) is 6.42. The molecule has 1 N–H and O–H groups in total. The van der Waals surface area contributed by atoms with Gasteiger partial charge in [-0.15, -0.1) is 0 Å². The van der Waals surface area contributed by atoms with Crippen molar-refractivity contribution in [3.8, 4) is 0 Å². The lowest BCUT2D eigenvalue weighted by Crippen LogP contribution is -2.39. The van der Waals surface area contributed by atoms with Crippen LogP contribution in [0.15, 0.2) is 10.9 Å². The second-order valence-electron chi connectivity index (χ2n) is 8.53. The predicted molar refractivity (Wildman–Crippen MR) is 106 cm³/mol. The first-order chi connectivity index (χ1) is 14.1. The summed E-state index contributed by atoms with van der Waals surface area (Å²) in [5.41, 5.74) is 2.75. The van der Waals surface area contributed by atoms with Gasteiger partial charge in [-0.2, -0.15) is 0 Å². The Labute approximate surface area is 168 Å². The Kier molecular flexibility index (Phi) is 4.44. The Balaban J connectivity index is 1.47. The van der Waals surface area contributed by atoms with Crippen LogP contribution >= 0.6 is 0 Å². The maximum atomic E-state index is 13.0. The maximum absolute atomic E-state index is 13.0. The van der Waals surface area contributed by atoms with Crippen LogP contribution < -0.4 is 5.56 Å². The normalized spacial score (nSPS) is 21.6. The number of hydrogen-bond acceptors (Lipinski definition) is 4. The number of carbonyl (C=O) groups is 2. The molecule has 29 heavy (non-hydrogen) atoms. The zero-order valence-electron chi connectivity index (χ0n) is 16.8. The summed E-state index contributed by atoms with van der Waals surface area (Å²) >= 11 is 0. The molecule has 1 atom stereocenters. The van der Waals surface area contributed by atoms with Crippen LogP contribution in [-0.4, -0.2) is 49.3 Å². The number of aromatic nitrogens is 3. The van der Waals surface area contributed by atoms with Gasteiger partial charge in [0.25, 0.3) is 5.56 Å². The Bertz CT molecular complexity index is 1030. The standard InChI is InChI=1S/C21H27N5O3/c1-2-4-19(27)24-10-8-14-16(12-24)22-18-11-15(23-26(18)21(14)29)17-5-3-9-25(17)20(28)13-6-7-13/h11,13,17,23H,2-10,12H2,1H3/t17-/m0/s1. The third kappa shape index (κ3) is 3.14. The molecule has 0 bridgehead atoms. The number of carbonyl (C=O) groups excluding carboxylic acids is 2. The highest BCUT2D eigenvalue weighted by Gasteiger charge is 2.39. The number of likely N-dealkylation sites (tertiary alicyclic amines) is 1. The van der Waals surface area contributed by atoms with Gasteiger partial charge < -0.3 is 9.80 Å². The SMILES string of the molecule is CCCC(=O)N1CCc2c(nc3cc([C@@H]4CCCN4C(=O)C4CC4)[nH]n3c2=O)C1. The van der Waals surface area contributed by atoms with Gasteiger partial charge in [0.1, 0.15) is 0 Å². The molecule has 1 saturated carbocycles. The predicted octanol–water partition coefficient (Wildman–Crippen LogP) is 1.78. The van der Waals surface area contributed by atoms with Crippen LogP contribution in [0.25, 0.3) is 5.65 Å². The van der Waals surface area contributed by atoms with Crippen LogP contribution in [0.4, 0.5) is 0 Å². The zero-order valence-corrected chi connectivity index (χ0v) is 16.8. The number of rotatable bonds is 4. The van der Waals surface area contributed by atoms with E-state index in [-0.39, 0.29) is 29.3 Å². The van der Waals surface area contributed by atoms with Gasteiger partial charge in [0, 0.05) is 37.1 Å². The summed E-state index contributed by atoms with van der Waals surface area (Å²) in [5.74, 6) is 0.561. The minimum absolute atomic E-state index is 0.0103. The van der Waals surface area contributed by atoms with Gasteiger partial charge in [0.2, 0.25) is 11.8 Å². The van der Waals surface area contributed by atoms with Crippen molar-refractivity contribution < 1.29 is 9.59 Å². The molecular weight excluding hydrogens is 370 g/mol. The first-order valence-electron chi connectivity index (χ1n) is 10.8. The van der Waals surface area contributed by atoms with Gasteiger partial charge in [0.05, 0.1) is 24.0 Å². The molecule has 154 valence electrons. The fourth-order valence-corrected chi connectivity index (χ4v) is 4.69. The molecule has 8 heteroatoms. The van der Waals surface area contributed by atoms with E-state index in [0.717, 1.165) is 44.3 Å². The van der Waals surface area contributed by atoms with E-state index in [2.05, 4.69) is 5.10 Å². The topological polar surface area (TPSA) is 90.8 Å². The van der Waals surface area contributed by atoms with Gasteiger partial charge in [-0.1, -0.05) is 6.92 Å². The van der Waals surface area contributed by atoms with Crippen molar-refractivity contribution in [1.29, 1.82) is 0 Å². The molecule has 0 unspecified atom stereocenters. The zero-order chi connectivity index (χ0) is 20.1. The van der Waals surface area contributed by atoms with E-state index in [0.29, 0.717) is 42.8 Å². The van der Waals surface area contributed by atoms with Crippen molar-refractivity contribution in [3.63, 3.8) is 0 Å². The third-order valence-electron chi connectivity index (χ3n) is 6.42. The molecule has 0 aromatic carbocycles. The van der Waals surface area contributed by atoms with E-state index in [4.69, 9.17) is 4.98 Å². The molecule has 0 spiro atoms. The molecule has 8 nitrogen and oxygen atoms in total. The van der Waals surface area contributed by atoms with E-state index in [1.807, 2.05) is 17.9 Å². The molecule has 1 aliphatic carbocycles. The Morgan fingerprint density at radius 2 is 2.07 bits per heavy atom. The van der Waals surface area contributed by atoms with Gasteiger partial charge in [-0.25, -0.2) is 9.50 Å².